The first-order chi connectivity index (χ1) is 13.3. The molecule has 1 saturated carbocycles. The minimum Gasteiger partial charge on any atom is -0.419 e. The first-order valence-electron chi connectivity index (χ1n) is 8.71. The van der Waals surface area contributed by atoms with Crippen LogP contribution in [-0.4, -0.2) is 29.0 Å². The van der Waals surface area contributed by atoms with Crippen molar-refractivity contribution in [2.45, 2.75) is 37.2 Å². The minimum atomic E-state index is -3.67. The third kappa shape index (κ3) is 4.00. The van der Waals surface area contributed by atoms with Gasteiger partial charge in [-0.3, -0.25) is 0 Å². The highest BCUT2D eigenvalue weighted by Crippen LogP contribution is 2.34. The van der Waals surface area contributed by atoms with Crippen LogP contribution < -0.4 is 0 Å². The van der Waals surface area contributed by atoms with Crippen LogP contribution in [0.1, 0.15) is 24.3 Å². The van der Waals surface area contributed by atoms with E-state index >= 15 is 0 Å². The molecule has 0 unspecified atom stereocenters. The van der Waals surface area contributed by atoms with E-state index in [2.05, 4.69) is 26.1 Å². The Balaban J connectivity index is 1.61. The quantitative estimate of drug-likeness (QED) is 0.504. The van der Waals surface area contributed by atoms with Gasteiger partial charge in [-0.25, -0.2) is 8.42 Å². The second-order valence-electron chi connectivity index (χ2n) is 6.70. The Morgan fingerprint density at radius 1 is 1.18 bits per heavy atom. The van der Waals surface area contributed by atoms with Crippen LogP contribution in [0.4, 0.5) is 0 Å². The Kier molecular flexibility index (Phi) is 5.30. The second kappa shape index (κ2) is 7.59. The highest BCUT2D eigenvalue weighted by molar-refractivity contribution is 9.10. The molecule has 6 nitrogen and oxygen atoms in total. The topological polar surface area (TPSA) is 76.3 Å². The highest BCUT2D eigenvalue weighted by Gasteiger charge is 2.39. The number of rotatable bonds is 6. The van der Waals surface area contributed by atoms with Gasteiger partial charge in [-0.15, -0.1) is 10.2 Å². The zero-order valence-corrected chi connectivity index (χ0v) is 18.1. The van der Waals surface area contributed by atoms with E-state index in [4.69, 9.17) is 16.0 Å². The maximum absolute atomic E-state index is 13.2. The van der Waals surface area contributed by atoms with Gasteiger partial charge in [0.05, 0.1) is 11.4 Å². The van der Waals surface area contributed by atoms with Crippen LogP contribution in [0.5, 0.6) is 0 Å². The molecule has 1 aliphatic rings. The largest absolute Gasteiger partial charge is 0.419 e. The number of halogens is 2. The maximum atomic E-state index is 13.2. The van der Waals surface area contributed by atoms with E-state index in [1.807, 2.05) is 6.92 Å². The van der Waals surface area contributed by atoms with Gasteiger partial charge in [-0.05, 0) is 67.8 Å². The van der Waals surface area contributed by atoms with E-state index in [0.29, 0.717) is 10.9 Å². The van der Waals surface area contributed by atoms with Crippen LogP contribution in [0.25, 0.3) is 11.5 Å². The standard InChI is InChI=1S/C19H17BrClN3O3S/c1-12-10-16(8-9-17(12)20)28(25,26)24(15-6-7-15)11-18-22-23-19(27-18)13-2-4-14(21)5-3-13/h2-5,8-10,15H,6-7,11H2,1H3. The van der Waals surface area contributed by atoms with Gasteiger partial charge in [0.2, 0.25) is 21.8 Å². The van der Waals surface area contributed by atoms with Crippen molar-refractivity contribution < 1.29 is 12.8 Å². The first-order valence-corrected chi connectivity index (χ1v) is 11.3. The molecule has 3 aromatic rings. The number of aryl methyl sites for hydroxylation is 1. The molecule has 1 heterocycles. The van der Waals surface area contributed by atoms with Gasteiger partial charge in [-0.1, -0.05) is 27.5 Å². The molecule has 1 aliphatic carbocycles. The maximum Gasteiger partial charge on any atom is 0.247 e. The Morgan fingerprint density at radius 2 is 1.89 bits per heavy atom. The summed E-state index contributed by atoms with van der Waals surface area (Å²) in [6, 6.07) is 12.0. The van der Waals surface area contributed by atoms with Crippen LogP contribution in [0.15, 0.2) is 56.2 Å². The average Bonchev–Trinajstić information content (AvgIpc) is 3.40. The van der Waals surface area contributed by atoms with Crippen molar-refractivity contribution in [3.8, 4) is 11.5 Å². The summed E-state index contributed by atoms with van der Waals surface area (Å²) in [5.41, 5.74) is 1.59. The number of benzene rings is 2. The molecule has 9 heteroatoms. The highest BCUT2D eigenvalue weighted by atomic mass is 79.9. The lowest BCUT2D eigenvalue weighted by atomic mass is 10.2. The molecule has 2 aromatic carbocycles. The molecule has 28 heavy (non-hydrogen) atoms. The van der Waals surface area contributed by atoms with Crippen LogP contribution in [0, 0.1) is 6.92 Å². The predicted octanol–water partition coefficient (Wildman–Crippen LogP) is 4.81. The fourth-order valence-corrected chi connectivity index (χ4v) is 4.94. The van der Waals surface area contributed by atoms with E-state index in [-0.39, 0.29) is 23.4 Å². The number of hydrogen-bond donors (Lipinski definition) is 0. The lowest BCUT2D eigenvalue weighted by Gasteiger charge is -2.20. The van der Waals surface area contributed by atoms with Crippen LogP contribution in [0.2, 0.25) is 5.02 Å². The van der Waals surface area contributed by atoms with Crippen molar-refractivity contribution in [1.82, 2.24) is 14.5 Å². The van der Waals surface area contributed by atoms with Crippen molar-refractivity contribution in [1.29, 1.82) is 0 Å². The Labute approximate surface area is 176 Å². The van der Waals surface area contributed by atoms with E-state index in [1.165, 1.54) is 4.31 Å². The van der Waals surface area contributed by atoms with Crippen molar-refractivity contribution in [3.05, 3.63) is 63.4 Å². The molecule has 1 aromatic heterocycles. The summed E-state index contributed by atoms with van der Waals surface area (Å²) in [5.74, 6) is 0.591. The monoisotopic (exact) mass is 481 g/mol. The summed E-state index contributed by atoms with van der Waals surface area (Å²) < 4.78 is 34.4. The van der Waals surface area contributed by atoms with Gasteiger partial charge in [-0.2, -0.15) is 4.31 Å². The summed E-state index contributed by atoms with van der Waals surface area (Å²) in [6.45, 7) is 1.91. The van der Waals surface area contributed by atoms with Gasteiger partial charge in [0.1, 0.15) is 0 Å². The summed E-state index contributed by atoms with van der Waals surface area (Å²) in [5, 5.41) is 8.69. The summed E-state index contributed by atoms with van der Waals surface area (Å²) in [6.07, 6.45) is 1.65. The molecule has 1 fully saturated rings. The summed E-state index contributed by atoms with van der Waals surface area (Å²) in [4.78, 5) is 0.262. The average molecular weight is 483 g/mol. The third-order valence-electron chi connectivity index (χ3n) is 4.54. The predicted molar refractivity (Wildman–Crippen MR) is 109 cm³/mol. The Bertz CT molecular complexity index is 1110. The molecule has 0 atom stereocenters. The van der Waals surface area contributed by atoms with E-state index in [1.54, 1.807) is 42.5 Å². The van der Waals surface area contributed by atoms with Gasteiger partial charge in [0.15, 0.2) is 0 Å². The van der Waals surface area contributed by atoms with Crippen LogP contribution >= 0.6 is 27.5 Å². The summed E-state index contributed by atoms with van der Waals surface area (Å²) >= 11 is 9.31. The van der Waals surface area contributed by atoms with Crippen molar-refractivity contribution in [2.24, 2.45) is 0 Å². The fraction of sp³-hybridized carbons (Fsp3) is 0.263. The van der Waals surface area contributed by atoms with Gasteiger partial charge < -0.3 is 4.42 Å². The zero-order valence-electron chi connectivity index (χ0n) is 15.0. The molecule has 0 radical (unpaired) electrons. The molecule has 146 valence electrons. The molecule has 0 saturated heterocycles. The molecule has 0 spiro atoms. The zero-order chi connectivity index (χ0) is 19.9. The number of nitrogens with zero attached hydrogens (tertiary/aromatic N) is 3. The smallest absolute Gasteiger partial charge is 0.247 e. The SMILES string of the molecule is Cc1cc(S(=O)(=O)N(Cc2nnc(-c3ccc(Cl)cc3)o2)C2CC2)ccc1Br. The lowest BCUT2D eigenvalue weighted by molar-refractivity contribution is 0.351. The lowest BCUT2D eigenvalue weighted by Crippen LogP contribution is -2.32. The Hall–Kier alpha value is -1.74. The van der Waals surface area contributed by atoms with E-state index in [0.717, 1.165) is 28.4 Å². The molecule has 0 N–H and O–H groups in total. The second-order valence-corrected chi connectivity index (χ2v) is 9.88. The minimum absolute atomic E-state index is 0.0418. The molecule has 0 amide bonds. The first kappa shape index (κ1) is 19.6. The van der Waals surface area contributed by atoms with Crippen LogP contribution in [-0.2, 0) is 16.6 Å². The molecular formula is C19H17BrClN3O3S. The normalized spacial score (nSPS) is 14.6. The van der Waals surface area contributed by atoms with Gasteiger partial charge in [0, 0.05) is 21.1 Å². The molecule has 4 rings (SSSR count). The molecular weight excluding hydrogens is 466 g/mol. The van der Waals surface area contributed by atoms with Gasteiger partial charge in [0.25, 0.3) is 0 Å². The number of aromatic nitrogens is 2. The Morgan fingerprint density at radius 3 is 2.54 bits per heavy atom. The molecule has 0 bridgehead atoms. The molecule has 0 aliphatic heterocycles. The van der Waals surface area contributed by atoms with E-state index < -0.39 is 10.0 Å². The van der Waals surface area contributed by atoms with Gasteiger partial charge >= 0.3 is 0 Å². The third-order valence-corrected chi connectivity index (χ3v) is 7.58. The van der Waals surface area contributed by atoms with Crippen molar-refractivity contribution >= 4 is 37.6 Å². The summed E-state index contributed by atoms with van der Waals surface area (Å²) in [7, 11) is -3.67. The number of hydrogen-bond acceptors (Lipinski definition) is 5. The van der Waals surface area contributed by atoms with E-state index in [9.17, 15) is 8.42 Å². The fourth-order valence-electron chi connectivity index (χ4n) is 2.85. The van der Waals surface area contributed by atoms with Crippen molar-refractivity contribution in [3.63, 3.8) is 0 Å². The van der Waals surface area contributed by atoms with Crippen LogP contribution in [0.3, 0.4) is 0 Å². The number of sulfonamides is 1. The van der Waals surface area contributed by atoms with Crippen molar-refractivity contribution in [2.75, 3.05) is 0 Å².